The third-order valence-corrected chi connectivity index (χ3v) is 1.76. The van der Waals surface area contributed by atoms with E-state index in [1.807, 2.05) is 0 Å². The summed E-state index contributed by atoms with van der Waals surface area (Å²) >= 11 is 0. The van der Waals surface area contributed by atoms with Crippen LogP contribution in [0.5, 0.6) is 0 Å². The van der Waals surface area contributed by atoms with Crippen molar-refractivity contribution in [2.75, 3.05) is 0 Å². The van der Waals surface area contributed by atoms with Crippen LogP contribution in [0, 0.1) is 0 Å². The van der Waals surface area contributed by atoms with E-state index in [-0.39, 0.29) is 5.69 Å². The molecule has 3 nitrogen and oxygen atoms in total. The second-order valence-electron chi connectivity index (χ2n) is 3.00. The predicted octanol–water partition coefficient (Wildman–Crippen LogP) is 1.43. The smallest absolute Gasteiger partial charge is 0.292 e. The molecule has 0 spiro atoms. The van der Waals surface area contributed by atoms with Crippen LogP contribution >= 0.6 is 0 Å². The predicted molar refractivity (Wildman–Crippen MR) is 42.9 cm³/mol. The highest BCUT2D eigenvalue weighted by atomic mass is 19.3. The first-order valence-electron chi connectivity index (χ1n) is 4.02. The fourth-order valence-corrected chi connectivity index (χ4v) is 0.962. The molecular weight excluding hydrogens is 216 g/mol. The van der Waals surface area contributed by atoms with Crippen molar-refractivity contribution in [3.8, 4) is 0 Å². The summed E-state index contributed by atoms with van der Waals surface area (Å²) in [6.07, 6.45) is -3.34. The maximum atomic E-state index is 12.5. The van der Waals surface area contributed by atoms with Crippen LogP contribution in [-0.4, -0.2) is 27.9 Å². The lowest BCUT2D eigenvalue weighted by Gasteiger charge is -2.12. The van der Waals surface area contributed by atoms with Crippen molar-refractivity contribution in [2.45, 2.75) is 18.8 Å². The van der Waals surface area contributed by atoms with Gasteiger partial charge in [0.15, 0.2) is 0 Å². The number of nitrogens with zero attached hydrogens (tertiary/aromatic N) is 2. The van der Waals surface area contributed by atoms with Crippen LogP contribution in [0.25, 0.3) is 0 Å². The third-order valence-electron chi connectivity index (χ3n) is 1.76. The Morgan fingerprint density at radius 3 is 2.60 bits per heavy atom. The van der Waals surface area contributed by atoms with E-state index in [9.17, 15) is 22.4 Å². The molecule has 0 saturated heterocycles. The molecule has 0 aromatic carbocycles. The van der Waals surface area contributed by atoms with Crippen LogP contribution in [0.3, 0.4) is 0 Å². The summed E-state index contributed by atoms with van der Waals surface area (Å²) in [6.45, 7) is 0. The van der Waals surface area contributed by atoms with Crippen molar-refractivity contribution in [3.05, 3.63) is 18.0 Å². The van der Waals surface area contributed by atoms with Crippen molar-refractivity contribution in [1.82, 2.24) is 9.78 Å². The number of hydrogen-bond donors (Lipinski definition) is 0. The summed E-state index contributed by atoms with van der Waals surface area (Å²) in [4.78, 5) is 10.8. The van der Waals surface area contributed by atoms with Gasteiger partial charge in [0.1, 0.15) is 0 Å². The highest BCUT2D eigenvalue weighted by Gasteiger charge is 2.48. The molecule has 0 saturated carbocycles. The number of aromatic nitrogens is 2. The van der Waals surface area contributed by atoms with Crippen LogP contribution in [0.4, 0.5) is 17.6 Å². The van der Waals surface area contributed by atoms with Crippen molar-refractivity contribution in [2.24, 2.45) is 7.05 Å². The number of rotatable bonds is 4. The van der Waals surface area contributed by atoms with Gasteiger partial charge in [-0.05, 0) is 6.07 Å². The number of alkyl halides is 4. The highest BCUT2D eigenvalue weighted by molar-refractivity contribution is 5.87. The van der Waals surface area contributed by atoms with Crippen molar-refractivity contribution in [3.63, 3.8) is 0 Å². The lowest BCUT2D eigenvalue weighted by atomic mass is 10.1. The summed E-state index contributed by atoms with van der Waals surface area (Å²) in [5, 5.41) is 3.64. The van der Waals surface area contributed by atoms with E-state index in [0.717, 1.165) is 0 Å². The zero-order chi connectivity index (χ0) is 11.6. The summed E-state index contributed by atoms with van der Waals surface area (Å²) < 4.78 is 49.8. The maximum Gasteiger partial charge on any atom is 0.364 e. The van der Waals surface area contributed by atoms with Crippen LogP contribution < -0.4 is 0 Å². The summed E-state index contributed by atoms with van der Waals surface area (Å²) in [7, 11) is 1.53. The molecule has 1 aromatic rings. The molecule has 1 aromatic heterocycles. The number of ketones is 1. The first-order valence-corrected chi connectivity index (χ1v) is 4.02. The minimum absolute atomic E-state index is 0.0443. The Balaban J connectivity index is 2.71. The van der Waals surface area contributed by atoms with E-state index in [1.54, 1.807) is 0 Å². The molecule has 1 rings (SSSR count). The van der Waals surface area contributed by atoms with E-state index < -0.39 is 24.6 Å². The molecule has 0 radical (unpaired) electrons. The minimum atomic E-state index is -4.60. The molecule has 0 N–H and O–H groups in total. The fourth-order valence-electron chi connectivity index (χ4n) is 0.962. The molecule has 15 heavy (non-hydrogen) atoms. The van der Waals surface area contributed by atoms with Crippen LogP contribution in [-0.2, 0) is 18.3 Å². The average Bonchev–Trinajstić information content (AvgIpc) is 2.50. The van der Waals surface area contributed by atoms with Gasteiger partial charge < -0.3 is 0 Å². The van der Waals surface area contributed by atoms with Crippen LogP contribution in [0.2, 0.25) is 0 Å². The zero-order valence-corrected chi connectivity index (χ0v) is 7.75. The number of carbonyl (C=O) groups is 1. The van der Waals surface area contributed by atoms with Gasteiger partial charge in [-0.25, -0.2) is 8.78 Å². The number of hydrogen-bond acceptors (Lipinski definition) is 2. The Morgan fingerprint density at radius 2 is 2.20 bits per heavy atom. The van der Waals surface area contributed by atoms with Crippen molar-refractivity contribution < 1.29 is 22.4 Å². The lowest BCUT2D eigenvalue weighted by Crippen LogP contribution is -2.37. The molecule has 0 amide bonds. The van der Waals surface area contributed by atoms with Crippen molar-refractivity contribution in [1.29, 1.82) is 0 Å². The van der Waals surface area contributed by atoms with Gasteiger partial charge in [-0.2, -0.15) is 13.9 Å². The molecule has 0 aliphatic carbocycles. The monoisotopic (exact) mass is 224 g/mol. The van der Waals surface area contributed by atoms with Gasteiger partial charge in [-0.1, -0.05) is 0 Å². The largest absolute Gasteiger partial charge is 0.364 e. The molecule has 0 fully saturated rings. The van der Waals surface area contributed by atoms with E-state index in [0.29, 0.717) is 0 Å². The Kier molecular flexibility index (Phi) is 3.11. The summed E-state index contributed by atoms with van der Waals surface area (Å²) in [5.41, 5.74) is 0.0443. The Labute approximate surface area is 82.7 Å². The summed E-state index contributed by atoms with van der Waals surface area (Å²) in [5.74, 6) is -6.42. The quantitative estimate of drug-likeness (QED) is 0.725. The number of halogens is 4. The first-order chi connectivity index (χ1) is 6.84. The highest BCUT2D eigenvalue weighted by Crippen LogP contribution is 2.25. The van der Waals surface area contributed by atoms with Gasteiger partial charge >= 0.3 is 12.3 Å². The average molecular weight is 224 g/mol. The third kappa shape index (κ3) is 2.54. The number of aryl methyl sites for hydroxylation is 1. The SMILES string of the molecule is Cn1ccc(CC(=O)C(F)(F)C(F)F)n1. The Morgan fingerprint density at radius 1 is 1.60 bits per heavy atom. The van der Waals surface area contributed by atoms with Crippen molar-refractivity contribution >= 4 is 5.78 Å². The van der Waals surface area contributed by atoms with Gasteiger partial charge in [0, 0.05) is 13.2 Å². The van der Waals surface area contributed by atoms with Crippen LogP contribution in [0.15, 0.2) is 12.3 Å². The molecule has 1 heterocycles. The molecule has 0 aliphatic heterocycles. The number of carbonyl (C=O) groups excluding carboxylic acids is 1. The van der Waals surface area contributed by atoms with E-state index in [4.69, 9.17) is 0 Å². The lowest BCUT2D eigenvalue weighted by molar-refractivity contribution is -0.166. The molecule has 7 heteroatoms. The second kappa shape index (κ2) is 4.00. The van der Waals surface area contributed by atoms with Gasteiger partial charge in [0.25, 0.3) is 0 Å². The zero-order valence-electron chi connectivity index (χ0n) is 7.75. The summed E-state index contributed by atoms with van der Waals surface area (Å²) in [6, 6.07) is 1.32. The first kappa shape index (κ1) is 11.7. The molecule has 84 valence electrons. The number of Topliss-reactive ketones (excluding diaryl/α,β-unsaturated/α-hetero) is 1. The molecule has 0 bridgehead atoms. The van der Waals surface area contributed by atoms with Gasteiger partial charge in [0.05, 0.1) is 12.1 Å². The standard InChI is InChI=1S/C8H8F4N2O/c1-14-3-2-5(13-14)4-6(15)8(11,12)7(9)10/h2-3,7H,4H2,1H3. The Bertz CT molecular complexity index is 361. The van der Waals surface area contributed by atoms with E-state index in [1.165, 1.54) is 24.0 Å². The van der Waals surface area contributed by atoms with E-state index in [2.05, 4.69) is 5.10 Å². The second-order valence-corrected chi connectivity index (χ2v) is 3.00. The van der Waals surface area contributed by atoms with E-state index >= 15 is 0 Å². The minimum Gasteiger partial charge on any atom is -0.292 e. The topological polar surface area (TPSA) is 34.9 Å². The van der Waals surface area contributed by atoms with Gasteiger partial charge in [-0.3, -0.25) is 9.48 Å². The van der Waals surface area contributed by atoms with Gasteiger partial charge in [0.2, 0.25) is 5.78 Å². The Hall–Kier alpha value is -1.40. The molecule has 0 unspecified atom stereocenters. The normalized spacial score (nSPS) is 12.1. The fraction of sp³-hybridized carbons (Fsp3) is 0.500. The molecular formula is C8H8F4N2O. The van der Waals surface area contributed by atoms with Gasteiger partial charge in [-0.15, -0.1) is 0 Å². The molecule has 0 atom stereocenters. The maximum absolute atomic E-state index is 12.5. The van der Waals surface area contributed by atoms with Crippen LogP contribution in [0.1, 0.15) is 5.69 Å². The molecule has 0 aliphatic rings.